The summed E-state index contributed by atoms with van der Waals surface area (Å²) in [7, 11) is 0. The molecule has 2 nitrogen and oxygen atoms in total. The average Bonchev–Trinajstić information content (AvgIpc) is 2.95. The monoisotopic (exact) mass is 368 g/mol. The molecule has 1 aromatic carbocycles. The first-order chi connectivity index (χ1) is 9.98. The Morgan fingerprint density at radius 2 is 2.10 bits per heavy atom. The molecule has 0 unspecified atom stereocenters. The minimum absolute atomic E-state index is 0.251. The molecular formula is C16H18BrFN2S. The van der Waals surface area contributed by atoms with E-state index >= 15 is 0 Å². The first-order valence-electron chi connectivity index (χ1n) is 7.18. The van der Waals surface area contributed by atoms with Crippen LogP contribution in [0.5, 0.6) is 0 Å². The van der Waals surface area contributed by atoms with Crippen molar-refractivity contribution in [1.82, 2.24) is 4.98 Å². The predicted molar refractivity (Wildman–Crippen MR) is 88.7 cm³/mol. The van der Waals surface area contributed by atoms with Crippen molar-refractivity contribution >= 4 is 27.3 Å². The highest BCUT2D eigenvalue weighted by atomic mass is 79.9. The molecule has 0 atom stereocenters. The Bertz CT molecular complexity index is 647. The molecule has 1 aliphatic rings. The lowest BCUT2D eigenvalue weighted by Crippen LogP contribution is -2.40. The molecule has 0 saturated heterocycles. The van der Waals surface area contributed by atoms with Crippen molar-refractivity contribution in [2.45, 2.75) is 38.1 Å². The van der Waals surface area contributed by atoms with E-state index in [0.717, 1.165) is 41.1 Å². The zero-order valence-corrected chi connectivity index (χ0v) is 14.3. The van der Waals surface area contributed by atoms with Gasteiger partial charge in [-0.2, -0.15) is 0 Å². The van der Waals surface area contributed by atoms with Crippen molar-refractivity contribution < 1.29 is 4.39 Å². The van der Waals surface area contributed by atoms with Gasteiger partial charge in [-0.25, -0.2) is 9.37 Å². The summed E-state index contributed by atoms with van der Waals surface area (Å²) in [6, 6.07) is 4.91. The first kappa shape index (κ1) is 15.1. The van der Waals surface area contributed by atoms with Gasteiger partial charge in [0.25, 0.3) is 0 Å². The molecular weight excluding hydrogens is 351 g/mol. The van der Waals surface area contributed by atoms with Crippen LogP contribution in [0.15, 0.2) is 28.1 Å². The van der Waals surface area contributed by atoms with E-state index in [0.29, 0.717) is 11.3 Å². The summed E-state index contributed by atoms with van der Waals surface area (Å²) in [6.45, 7) is 2.27. The predicted octanol–water partition coefficient (Wildman–Crippen LogP) is 5.08. The minimum Gasteiger partial charge on any atom is -0.319 e. The molecule has 2 N–H and O–H groups in total. The van der Waals surface area contributed by atoms with Gasteiger partial charge < -0.3 is 5.73 Å². The third kappa shape index (κ3) is 3.05. The van der Waals surface area contributed by atoms with Crippen molar-refractivity contribution in [2.75, 3.05) is 0 Å². The van der Waals surface area contributed by atoms with Gasteiger partial charge in [0.1, 0.15) is 10.8 Å². The highest BCUT2D eigenvalue weighted by Crippen LogP contribution is 2.40. The van der Waals surface area contributed by atoms with Crippen LogP contribution in [0, 0.1) is 11.7 Å². The molecule has 2 aromatic rings. The van der Waals surface area contributed by atoms with E-state index in [4.69, 9.17) is 5.73 Å². The maximum Gasteiger partial charge on any atom is 0.132 e. The zero-order chi connectivity index (χ0) is 15.0. The molecule has 1 aliphatic carbocycles. The van der Waals surface area contributed by atoms with Crippen molar-refractivity contribution in [3.63, 3.8) is 0 Å². The van der Waals surface area contributed by atoms with E-state index in [-0.39, 0.29) is 11.4 Å². The average molecular weight is 369 g/mol. The van der Waals surface area contributed by atoms with Gasteiger partial charge in [-0.3, -0.25) is 0 Å². The molecule has 0 bridgehead atoms. The van der Waals surface area contributed by atoms with Crippen LogP contribution < -0.4 is 5.73 Å². The van der Waals surface area contributed by atoms with E-state index in [1.165, 1.54) is 6.07 Å². The van der Waals surface area contributed by atoms with E-state index < -0.39 is 0 Å². The summed E-state index contributed by atoms with van der Waals surface area (Å²) in [5.74, 6) is 0.488. The fraction of sp³-hybridized carbons (Fsp3) is 0.438. The summed E-state index contributed by atoms with van der Waals surface area (Å²) in [4.78, 5) is 4.64. The third-order valence-electron chi connectivity index (χ3n) is 4.30. The van der Waals surface area contributed by atoms with Gasteiger partial charge in [0.05, 0.1) is 11.2 Å². The second kappa shape index (κ2) is 5.78. The quantitative estimate of drug-likeness (QED) is 0.802. The van der Waals surface area contributed by atoms with E-state index in [1.54, 1.807) is 23.5 Å². The smallest absolute Gasteiger partial charge is 0.132 e. The van der Waals surface area contributed by atoms with Crippen molar-refractivity contribution in [2.24, 2.45) is 11.7 Å². The summed E-state index contributed by atoms with van der Waals surface area (Å²) in [5, 5.41) is 2.84. The maximum atomic E-state index is 14.0. The maximum absolute atomic E-state index is 14.0. The number of nitrogens with zero attached hydrogens (tertiary/aromatic N) is 1. The van der Waals surface area contributed by atoms with E-state index in [1.807, 2.05) is 5.38 Å². The summed E-state index contributed by atoms with van der Waals surface area (Å²) in [5.41, 5.74) is 7.42. The Labute approximate surface area is 136 Å². The van der Waals surface area contributed by atoms with Gasteiger partial charge in [0, 0.05) is 15.4 Å². The van der Waals surface area contributed by atoms with Gasteiger partial charge in [0.2, 0.25) is 0 Å². The molecule has 1 heterocycles. The van der Waals surface area contributed by atoms with Gasteiger partial charge in [-0.05, 0) is 49.8 Å². The lowest BCUT2D eigenvalue weighted by atomic mass is 9.78. The zero-order valence-electron chi connectivity index (χ0n) is 11.9. The molecule has 112 valence electrons. The standard InChI is InChI=1S/C16H18BrFN2S/c1-10-4-6-16(19,7-5-10)15-20-14(9-21-15)12-8-11(17)2-3-13(12)18/h2-3,8-10H,4-7,19H2,1H3. The summed E-state index contributed by atoms with van der Waals surface area (Å²) < 4.78 is 14.8. The number of rotatable bonds is 2. The molecule has 5 heteroatoms. The number of nitrogens with two attached hydrogens (primary N) is 1. The fourth-order valence-corrected chi connectivity index (χ4v) is 4.16. The van der Waals surface area contributed by atoms with E-state index in [9.17, 15) is 4.39 Å². The molecule has 0 radical (unpaired) electrons. The number of benzene rings is 1. The minimum atomic E-state index is -0.335. The van der Waals surface area contributed by atoms with Gasteiger partial charge >= 0.3 is 0 Å². The Kier molecular flexibility index (Phi) is 4.17. The highest BCUT2D eigenvalue weighted by Gasteiger charge is 2.34. The summed E-state index contributed by atoms with van der Waals surface area (Å²) in [6.07, 6.45) is 4.19. The van der Waals surface area contributed by atoms with Crippen molar-refractivity contribution in [1.29, 1.82) is 0 Å². The normalized spacial score (nSPS) is 26.0. The van der Waals surface area contributed by atoms with Crippen LogP contribution in [0.25, 0.3) is 11.3 Å². The Hall–Kier alpha value is -0.780. The molecule has 1 fully saturated rings. The van der Waals surface area contributed by atoms with Crippen LogP contribution >= 0.6 is 27.3 Å². The SMILES string of the molecule is CC1CCC(N)(c2nc(-c3cc(Br)ccc3F)cs2)CC1. The van der Waals surface area contributed by atoms with Crippen molar-refractivity contribution in [3.8, 4) is 11.3 Å². The van der Waals surface area contributed by atoms with Crippen molar-refractivity contribution in [3.05, 3.63) is 38.9 Å². The molecule has 1 aromatic heterocycles. The molecule has 0 spiro atoms. The molecule has 1 saturated carbocycles. The number of halogens is 2. The van der Waals surface area contributed by atoms with Crippen LogP contribution in [0.1, 0.15) is 37.6 Å². The largest absolute Gasteiger partial charge is 0.319 e. The number of thiazole rings is 1. The molecule has 0 amide bonds. The third-order valence-corrected chi connectivity index (χ3v) is 5.86. The second-order valence-corrected chi connectivity index (χ2v) is 7.77. The molecule has 21 heavy (non-hydrogen) atoms. The van der Waals surface area contributed by atoms with E-state index in [2.05, 4.69) is 27.8 Å². The Morgan fingerprint density at radius 1 is 1.38 bits per heavy atom. The van der Waals surface area contributed by atoms with Crippen LogP contribution in [-0.2, 0) is 5.54 Å². The van der Waals surface area contributed by atoms with Gasteiger partial charge in [0.15, 0.2) is 0 Å². The first-order valence-corrected chi connectivity index (χ1v) is 8.85. The van der Waals surface area contributed by atoms with Crippen LogP contribution in [0.2, 0.25) is 0 Å². The van der Waals surface area contributed by atoms with Crippen LogP contribution in [0.3, 0.4) is 0 Å². The number of hydrogen-bond acceptors (Lipinski definition) is 3. The lowest BCUT2D eigenvalue weighted by molar-refractivity contribution is 0.247. The number of aromatic nitrogens is 1. The van der Waals surface area contributed by atoms with Crippen LogP contribution in [-0.4, -0.2) is 4.98 Å². The fourth-order valence-electron chi connectivity index (χ4n) is 2.81. The van der Waals surface area contributed by atoms with Gasteiger partial charge in [-0.15, -0.1) is 11.3 Å². The molecule has 3 rings (SSSR count). The Morgan fingerprint density at radius 3 is 2.81 bits per heavy atom. The summed E-state index contributed by atoms with van der Waals surface area (Å²) >= 11 is 4.93. The second-order valence-electron chi connectivity index (χ2n) is 6.00. The highest BCUT2D eigenvalue weighted by molar-refractivity contribution is 9.10. The topological polar surface area (TPSA) is 38.9 Å². The Balaban J connectivity index is 1.91. The van der Waals surface area contributed by atoms with Gasteiger partial charge in [-0.1, -0.05) is 22.9 Å². The molecule has 0 aliphatic heterocycles. The number of hydrogen-bond donors (Lipinski definition) is 1. The lowest BCUT2D eigenvalue weighted by Gasteiger charge is -2.34. The van der Waals surface area contributed by atoms with Crippen LogP contribution in [0.4, 0.5) is 4.39 Å².